The molecule has 0 unspecified atom stereocenters. The van der Waals surface area contributed by atoms with Gasteiger partial charge in [0.1, 0.15) is 0 Å². The summed E-state index contributed by atoms with van der Waals surface area (Å²) in [6.07, 6.45) is 4.56. The molecule has 1 amide bonds. The Morgan fingerprint density at radius 2 is 1.76 bits per heavy atom. The first kappa shape index (κ1) is 21.6. The SMILES string of the molecule is CCCCNS(=O)(=O)c1cccc(C(=O)NCCCOCCCC)c1. The van der Waals surface area contributed by atoms with Crippen LogP contribution in [0.15, 0.2) is 29.2 Å². The maximum Gasteiger partial charge on any atom is 0.251 e. The van der Waals surface area contributed by atoms with Crippen molar-refractivity contribution in [3.63, 3.8) is 0 Å². The number of sulfonamides is 1. The lowest BCUT2D eigenvalue weighted by atomic mass is 10.2. The monoisotopic (exact) mass is 370 g/mol. The Labute approximate surface area is 151 Å². The van der Waals surface area contributed by atoms with Crippen molar-refractivity contribution in [2.45, 2.75) is 50.8 Å². The highest BCUT2D eigenvalue weighted by Crippen LogP contribution is 2.11. The lowest BCUT2D eigenvalue weighted by Crippen LogP contribution is -2.27. The summed E-state index contributed by atoms with van der Waals surface area (Å²) in [5.74, 6) is -0.279. The average Bonchev–Trinajstić information content (AvgIpc) is 2.61. The molecule has 0 bridgehead atoms. The number of carbonyl (C=O) groups is 1. The van der Waals surface area contributed by atoms with Gasteiger partial charge in [0.05, 0.1) is 4.90 Å². The maximum atomic E-state index is 12.2. The quantitative estimate of drug-likeness (QED) is 0.523. The first-order valence-corrected chi connectivity index (χ1v) is 10.4. The zero-order valence-corrected chi connectivity index (χ0v) is 16.0. The molecule has 25 heavy (non-hydrogen) atoms. The first-order chi connectivity index (χ1) is 12.0. The van der Waals surface area contributed by atoms with Crippen LogP contribution in [-0.4, -0.2) is 40.6 Å². The molecule has 0 aromatic heterocycles. The Morgan fingerprint density at radius 3 is 2.48 bits per heavy atom. The zero-order valence-electron chi connectivity index (χ0n) is 15.2. The molecule has 1 aromatic carbocycles. The average molecular weight is 371 g/mol. The molecule has 0 spiro atoms. The molecule has 0 fully saturated rings. The molecule has 0 aliphatic heterocycles. The number of rotatable bonds is 13. The van der Waals surface area contributed by atoms with Gasteiger partial charge in [-0.25, -0.2) is 13.1 Å². The van der Waals surface area contributed by atoms with Crippen molar-refractivity contribution in [1.82, 2.24) is 10.0 Å². The molecule has 6 nitrogen and oxygen atoms in total. The molecule has 1 rings (SSSR count). The van der Waals surface area contributed by atoms with E-state index in [1.54, 1.807) is 12.1 Å². The highest BCUT2D eigenvalue weighted by molar-refractivity contribution is 7.89. The van der Waals surface area contributed by atoms with Gasteiger partial charge in [-0.3, -0.25) is 4.79 Å². The van der Waals surface area contributed by atoms with Crippen LogP contribution in [0.3, 0.4) is 0 Å². The molecule has 0 saturated carbocycles. The third-order valence-electron chi connectivity index (χ3n) is 3.62. The van der Waals surface area contributed by atoms with Gasteiger partial charge >= 0.3 is 0 Å². The number of hydrogen-bond acceptors (Lipinski definition) is 4. The summed E-state index contributed by atoms with van der Waals surface area (Å²) < 4.78 is 32.4. The van der Waals surface area contributed by atoms with E-state index in [0.29, 0.717) is 25.3 Å². The van der Waals surface area contributed by atoms with Gasteiger partial charge in [0.25, 0.3) is 5.91 Å². The van der Waals surface area contributed by atoms with Crippen LogP contribution in [0.25, 0.3) is 0 Å². The highest BCUT2D eigenvalue weighted by Gasteiger charge is 2.15. The fraction of sp³-hybridized carbons (Fsp3) is 0.611. The van der Waals surface area contributed by atoms with Crippen LogP contribution in [-0.2, 0) is 14.8 Å². The predicted octanol–water partition coefficient (Wildman–Crippen LogP) is 2.70. The molecular formula is C18H30N2O4S. The third-order valence-corrected chi connectivity index (χ3v) is 5.08. The smallest absolute Gasteiger partial charge is 0.251 e. The Morgan fingerprint density at radius 1 is 1.04 bits per heavy atom. The topological polar surface area (TPSA) is 84.5 Å². The van der Waals surface area contributed by atoms with Crippen molar-refractivity contribution < 1.29 is 17.9 Å². The minimum atomic E-state index is -3.58. The number of carbonyl (C=O) groups excluding carboxylic acids is 1. The molecule has 0 radical (unpaired) electrons. The minimum absolute atomic E-state index is 0.110. The molecule has 0 heterocycles. The predicted molar refractivity (Wildman–Crippen MR) is 99.2 cm³/mol. The van der Waals surface area contributed by atoms with Crippen molar-refractivity contribution in [1.29, 1.82) is 0 Å². The molecule has 7 heteroatoms. The second kappa shape index (κ2) is 12.0. The van der Waals surface area contributed by atoms with Crippen molar-refractivity contribution in [2.24, 2.45) is 0 Å². The van der Waals surface area contributed by atoms with Gasteiger partial charge in [-0.05, 0) is 37.5 Å². The molecule has 0 aliphatic rings. The standard InChI is InChI=1S/C18H30N2O4S/c1-3-5-12-20-25(22,23)17-10-7-9-16(15-17)18(21)19-11-8-14-24-13-6-4-2/h7,9-10,15,20H,3-6,8,11-14H2,1-2H3,(H,19,21). The van der Waals surface area contributed by atoms with E-state index >= 15 is 0 Å². The van der Waals surface area contributed by atoms with Crippen molar-refractivity contribution in [2.75, 3.05) is 26.3 Å². The van der Waals surface area contributed by atoms with Gasteiger partial charge in [0.2, 0.25) is 10.0 Å². The molecular weight excluding hydrogens is 340 g/mol. The molecule has 0 aliphatic carbocycles. The summed E-state index contributed by atoms with van der Waals surface area (Å²) in [7, 11) is -3.58. The first-order valence-electron chi connectivity index (χ1n) is 8.97. The van der Waals surface area contributed by atoms with E-state index in [-0.39, 0.29) is 10.8 Å². The van der Waals surface area contributed by atoms with Gasteiger partial charge in [-0.1, -0.05) is 32.8 Å². The summed E-state index contributed by atoms with van der Waals surface area (Å²) in [4.78, 5) is 12.3. The number of ether oxygens (including phenoxy) is 1. The molecule has 1 aromatic rings. The molecule has 0 saturated heterocycles. The van der Waals surface area contributed by atoms with Crippen molar-refractivity contribution in [3.8, 4) is 0 Å². The van der Waals surface area contributed by atoms with Crippen molar-refractivity contribution in [3.05, 3.63) is 29.8 Å². The lowest BCUT2D eigenvalue weighted by molar-refractivity contribution is 0.0940. The lowest BCUT2D eigenvalue weighted by Gasteiger charge is -2.09. The zero-order chi connectivity index (χ0) is 18.5. The number of unbranched alkanes of at least 4 members (excludes halogenated alkanes) is 2. The summed E-state index contributed by atoms with van der Waals surface area (Å²) >= 11 is 0. The van der Waals surface area contributed by atoms with Crippen LogP contribution in [0, 0.1) is 0 Å². The molecule has 2 N–H and O–H groups in total. The third kappa shape index (κ3) is 8.47. The largest absolute Gasteiger partial charge is 0.381 e. The van der Waals surface area contributed by atoms with Crippen LogP contribution in [0.5, 0.6) is 0 Å². The number of amides is 1. The second-order valence-corrected chi connectivity index (χ2v) is 7.62. The van der Waals surface area contributed by atoms with E-state index < -0.39 is 10.0 Å². The fourth-order valence-electron chi connectivity index (χ4n) is 2.10. The van der Waals surface area contributed by atoms with Crippen LogP contribution in [0.4, 0.5) is 0 Å². The summed E-state index contributed by atoms with van der Waals surface area (Å²) in [6, 6.07) is 6.09. The second-order valence-electron chi connectivity index (χ2n) is 5.85. The van der Waals surface area contributed by atoms with Crippen LogP contribution < -0.4 is 10.0 Å². The summed E-state index contributed by atoms with van der Waals surface area (Å²) in [6.45, 7) is 6.35. The van der Waals surface area contributed by atoms with Gasteiger partial charge < -0.3 is 10.1 Å². The Bertz CT molecular complexity index is 617. The van der Waals surface area contributed by atoms with E-state index in [1.807, 2.05) is 6.92 Å². The number of hydrogen-bond donors (Lipinski definition) is 2. The summed E-state index contributed by atoms with van der Waals surface area (Å²) in [5, 5.41) is 2.79. The van der Waals surface area contributed by atoms with E-state index in [2.05, 4.69) is 17.0 Å². The van der Waals surface area contributed by atoms with E-state index in [9.17, 15) is 13.2 Å². The number of benzene rings is 1. The van der Waals surface area contributed by atoms with Crippen molar-refractivity contribution >= 4 is 15.9 Å². The Balaban J connectivity index is 2.49. The highest BCUT2D eigenvalue weighted by atomic mass is 32.2. The Kier molecular flexibility index (Phi) is 10.4. The minimum Gasteiger partial charge on any atom is -0.381 e. The van der Waals surface area contributed by atoms with Crippen LogP contribution >= 0.6 is 0 Å². The normalized spacial score (nSPS) is 11.4. The molecule has 0 atom stereocenters. The van der Waals surface area contributed by atoms with E-state index in [4.69, 9.17) is 4.74 Å². The van der Waals surface area contributed by atoms with Gasteiger partial charge in [-0.2, -0.15) is 0 Å². The van der Waals surface area contributed by atoms with E-state index in [0.717, 1.165) is 38.7 Å². The van der Waals surface area contributed by atoms with Gasteiger partial charge in [0.15, 0.2) is 0 Å². The van der Waals surface area contributed by atoms with E-state index in [1.165, 1.54) is 12.1 Å². The summed E-state index contributed by atoms with van der Waals surface area (Å²) in [5.41, 5.74) is 0.338. The van der Waals surface area contributed by atoms with Crippen LogP contribution in [0.1, 0.15) is 56.3 Å². The number of nitrogens with one attached hydrogen (secondary N) is 2. The van der Waals surface area contributed by atoms with Gasteiger partial charge in [-0.15, -0.1) is 0 Å². The fourth-order valence-corrected chi connectivity index (χ4v) is 3.22. The van der Waals surface area contributed by atoms with Crippen LogP contribution in [0.2, 0.25) is 0 Å². The maximum absolute atomic E-state index is 12.2. The van der Waals surface area contributed by atoms with Gasteiger partial charge in [0, 0.05) is 31.9 Å². The Hall–Kier alpha value is -1.44. The molecule has 142 valence electrons.